The summed E-state index contributed by atoms with van der Waals surface area (Å²) in [7, 11) is 5.47. The van der Waals surface area contributed by atoms with Crippen molar-refractivity contribution in [2.24, 2.45) is 0 Å². The second-order valence-corrected chi connectivity index (χ2v) is 6.62. The Morgan fingerprint density at radius 1 is 1.23 bits per heavy atom. The summed E-state index contributed by atoms with van der Waals surface area (Å²) in [5.41, 5.74) is 1.03. The first kappa shape index (κ1) is 15.4. The number of aliphatic hydroxyl groups is 1. The zero-order valence-corrected chi connectivity index (χ0v) is 13.8. The van der Waals surface area contributed by atoms with Gasteiger partial charge in [0, 0.05) is 11.0 Å². The molecule has 1 aromatic rings. The molecule has 1 aliphatic heterocycles. The first-order valence-corrected chi connectivity index (χ1v) is 7.78. The summed E-state index contributed by atoms with van der Waals surface area (Å²) in [6, 6.07) is 6.18. The average Bonchev–Trinajstić information content (AvgIpc) is 2.79. The van der Waals surface area contributed by atoms with Crippen LogP contribution in [-0.4, -0.2) is 49.5 Å². The van der Waals surface area contributed by atoms with Crippen molar-refractivity contribution in [3.05, 3.63) is 35.9 Å². The van der Waals surface area contributed by atoms with Crippen LogP contribution in [-0.2, 0) is 5.41 Å². The quantitative estimate of drug-likeness (QED) is 0.871. The first-order valence-electron chi connectivity index (χ1n) is 7.78. The van der Waals surface area contributed by atoms with Gasteiger partial charge < -0.3 is 14.6 Å². The smallest absolute Gasteiger partial charge is 0.161 e. The number of likely N-dealkylation sites (N-methyl/N-ethyl adjacent to an activating group) is 1. The summed E-state index contributed by atoms with van der Waals surface area (Å²) in [5, 5.41) is 10.1. The van der Waals surface area contributed by atoms with Gasteiger partial charge in [0.25, 0.3) is 0 Å². The summed E-state index contributed by atoms with van der Waals surface area (Å²) >= 11 is 0. The van der Waals surface area contributed by atoms with Crippen LogP contribution in [0.5, 0.6) is 11.5 Å². The minimum Gasteiger partial charge on any atom is -0.493 e. The fourth-order valence-corrected chi connectivity index (χ4v) is 4.22. The zero-order chi connectivity index (χ0) is 16.0. The number of hydrogen-bond donors (Lipinski definition) is 1. The summed E-state index contributed by atoms with van der Waals surface area (Å²) in [6.07, 6.45) is 5.55. The van der Waals surface area contributed by atoms with Crippen LogP contribution in [0.4, 0.5) is 0 Å². The van der Waals surface area contributed by atoms with Crippen molar-refractivity contribution in [1.29, 1.82) is 0 Å². The molecular weight excluding hydrogens is 278 g/mol. The number of fused-ring (bicyclic) bond motifs is 1. The van der Waals surface area contributed by atoms with Crippen LogP contribution >= 0.6 is 0 Å². The van der Waals surface area contributed by atoms with Gasteiger partial charge in [0.15, 0.2) is 11.5 Å². The Balaban J connectivity index is 2.14. The third-order valence-corrected chi connectivity index (χ3v) is 5.75. The summed E-state index contributed by atoms with van der Waals surface area (Å²) in [4.78, 5) is 2.37. The Kier molecular flexibility index (Phi) is 3.69. The van der Waals surface area contributed by atoms with Gasteiger partial charge >= 0.3 is 0 Å². The van der Waals surface area contributed by atoms with E-state index in [0.717, 1.165) is 30.9 Å². The maximum Gasteiger partial charge on any atom is 0.161 e. The fraction of sp³-hybridized carbons (Fsp3) is 0.556. The predicted molar refractivity (Wildman–Crippen MR) is 86.6 cm³/mol. The van der Waals surface area contributed by atoms with E-state index in [2.05, 4.69) is 37.1 Å². The zero-order valence-electron chi connectivity index (χ0n) is 13.8. The molecule has 4 nitrogen and oxygen atoms in total. The largest absolute Gasteiger partial charge is 0.493 e. The highest BCUT2D eigenvalue weighted by Crippen LogP contribution is 2.53. The Hall–Kier alpha value is -1.52. The summed E-state index contributed by atoms with van der Waals surface area (Å²) < 4.78 is 10.8. The highest BCUT2D eigenvalue weighted by molar-refractivity contribution is 5.50. The third-order valence-electron chi connectivity index (χ3n) is 5.75. The average molecular weight is 303 g/mol. The Morgan fingerprint density at radius 2 is 1.95 bits per heavy atom. The highest BCUT2D eigenvalue weighted by atomic mass is 16.5. The topological polar surface area (TPSA) is 41.9 Å². The van der Waals surface area contributed by atoms with E-state index in [9.17, 15) is 5.11 Å². The molecule has 22 heavy (non-hydrogen) atoms. The van der Waals surface area contributed by atoms with E-state index in [1.54, 1.807) is 14.2 Å². The normalized spacial score (nSPS) is 34.5. The van der Waals surface area contributed by atoms with Crippen LogP contribution in [0.25, 0.3) is 0 Å². The van der Waals surface area contributed by atoms with Gasteiger partial charge in [-0.3, -0.25) is 4.90 Å². The number of likely N-dealkylation sites (tertiary alicyclic amines) is 1. The molecule has 0 aromatic heterocycles. The van der Waals surface area contributed by atoms with Crippen molar-refractivity contribution >= 4 is 0 Å². The number of rotatable bonds is 3. The number of nitrogens with zero attached hydrogens (tertiary/aromatic N) is 1. The van der Waals surface area contributed by atoms with Gasteiger partial charge in [0.05, 0.1) is 20.3 Å². The van der Waals surface area contributed by atoms with Crippen molar-refractivity contribution in [3.8, 4) is 11.5 Å². The number of benzene rings is 1. The highest BCUT2D eigenvalue weighted by Gasteiger charge is 2.56. The first-order chi connectivity index (χ1) is 10.5. The standard InChI is InChI=1S/C18H25NO3/c1-17-12-14(20)7-8-18(17,9-10-19(17)2)13-5-6-15(21-3)16(11-13)22-4/h5-8,11,14,20H,9-10,12H2,1-4H3/t14-,17+,18+/m1/s1. The molecule has 1 N–H and O–H groups in total. The van der Waals surface area contributed by atoms with E-state index >= 15 is 0 Å². The monoisotopic (exact) mass is 303 g/mol. The van der Waals surface area contributed by atoms with E-state index in [0.29, 0.717) is 0 Å². The lowest BCUT2D eigenvalue weighted by atomic mass is 9.61. The van der Waals surface area contributed by atoms with Gasteiger partial charge in [0.1, 0.15) is 0 Å². The summed E-state index contributed by atoms with van der Waals surface area (Å²) in [5.74, 6) is 1.50. The molecule has 0 bridgehead atoms. The molecule has 0 radical (unpaired) electrons. The molecule has 1 aromatic carbocycles. The number of ether oxygens (including phenoxy) is 2. The molecule has 4 heteroatoms. The van der Waals surface area contributed by atoms with E-state index in [4.69, 9.17) is 9.47 Å². The predicted octanol–water partition coefficient (Wildman–Crippen LogP) is 2.36. The van der Waals surface area contributed by atoms with E-state index in [-0.39, 0.29) is 17.1 Å². The van der Waals surface area contributed by atoms with Crippen molar-refractivity contribution in [2.45, 2.75) is 36.8 Å². The SMILES string of the molecule is COc1ccc([C@@]23C=C[C@@H](O)C[C@]2(C)N(C)CC3)cc1OC. The van der Waals surface area contributed by atoms with Gasteiger partial charge in [0.2, 0.25) is 0 Å². The molecule has 3 rings (SSSR count). The lowest BCUT2D eigenvalue weighted by Gasteiger charge is -2.49. The maximum absolute atomic E-state index is 10.1. The number of methoxy groups -OCH3 is 2. The molecule has 1 fully saturated rings. The third kappa shape index (κ3) is 1.97. The lowest BCUT2D eigenvalue weighted by Crippen LogP contribution is -2.55. The minimum absolute atomic E-state index is 0.0965. The molecule has 1 aliphatic carbocycles. The molecule has 1 saturated heterocycles. The van der Waals surface area contributed by atoms with Gasteiger partial charge in [-0.25, -0.2) is 0 Å². The van der Waals surface area contributed by atoms with Crippen molar-refractivity contribution < 1.29 is 14.6 Å². The van der Waals surface area contributed by atoms with Crippen LogP contribution in [0, 0.1) is 0 Å². The molecule has 0 spiro atoms. The molecule has 0 amide bonds. The van der Waals surface area contributed by atoms with Crippen LogP contribution in [0.1, 0.15) is 25.3 Å². The van der Waals surface area contributed by atoms with Gasteiger partial charge in [-0.1, -0.05) is 18.2 Å². The van der Waals surface area contributed by atoms with Crippen molar-refractivity contribution in [2.75, 3.05) is 27.8 Å². The molecule has 120 valence electrons. The van der Waals surface area contributed by atoms with E-state index in [1.165, 1.54) is 5.56 Å². The van der Waals surface area contributed by atoms with Crippen LogP contribution in [0.2, 0.25) is 0 Å². The molecular formula is C18H25NO3. The molecule has 3 atom stereocenters. The van der Waals surface area contributed by atoms with Gasteiger partial charge in [-0.2, -0.15) is 0 Å². The number of hydrogen-bond acceptors (Lipinski definition) is 4. The Bertz CT molecular complexity index is 600. The van der Waals surface area contributed by atoms with E-state index in [1.807, 2.05) is 12.1 Å². The van der Waals surface area contributed by atoms with Crippen molar-refractivity contribution in [1.82, 2.24) is 4.90 Å². The van der Waals surface area contributed by atoms with Crippen LogP contribution in [0.15, 0.2) is 30.4 Å². The lowest BCUT2D eigenvalue weighted by molar-refractivity contribution is 0.0671. The summed E-state index contributed by atoms with van der Waals surface area (Å²) in [6.45, 7) is 3.27. The van der Waals surface area contributed by atoms with Crippen molar-refractivity contribution in [3.63, 3.8) is 0 Å². The Morgan fingerprint density at radius 3 is 2.64 bits per heavy atom. The van der Waals surface area contributed by atoms with Crippen LogP contribution in [0.3, 0.4) is 0 Å². The molecule has 2 aliphatic rings. The van der Waals surface area contributed by atoms with E-state index < -0.39 is 0 Å². The van der Waals surface area contributed by atoms with Crippen LogP contribution < -0.4 is 9.47 Å². The maximum atomic E-state index is 10.1. The minimum atomic E-state index is -0.376. The molecule has 0 saturated carbocycles. The fourth-order valence-electron chi connectivity index (χ4n) is 4.22. The molecule has 1 heterocycles. The Labute approximate surface area is 132 Å². The van der Waals surface area contributed by atoms with Gasteiger partial charge in [-0.15, -0.1) is 0 Å². The number of aliphatic hydroxyl groups excluding tert-OH is 1. The second-order valence-electron chi connectivity index (χ2n) is 6.62. The molecule has 0 unspecified atom stereocenters. The van der Waals surface area contributed by atoms with Gasteiger partial charge in [-0.05, 0) is 51.1 Å². The second kappa shape index (κ2) is 5.28.